The smallest absolute Gasteiger partial charge is 0.265 e. The third-order valence-electron chi connectivity index (χ3n) is 4.73. The molecule has 7 heteroatoms. The number of rotatable bonds is 5. The van der Waals surface area contributed by atoms with Crippen molar-refractivity contribution < 1.29 is 14.3 Å². The molecule has 0 aliphatic heterocycles. The Labute approximate surface area is 171 Å². The van der Waals surface area contributed by atoms with Crippen LogP contribution in [0.4, 0.5) is 4.39 Å². The Balaban J connectivity index is 1.59. The zero-order valence-electron chi connectivity index (χ0n) is 15.9. The summed E-state index contributed by atoms with van der Waals surface area (Å²) in [6.07, 6.45) is 2.22. The number of aromatic nitrogens is 2. The fraction of sp³-hybridized carbons (Fsp3) is 0.0870. The van der Waals surface area contributed by atoms with Crippen molar-refractivity contribution in [1.82, 2.24) is 15.3 Å². The number of hydrogen-bond donors (Lipinski definition) is 3. The summed E-state index contributed by atoms with van der Waals surface area (Å²) in [4.78, 5) is 31.8. The van der Waals surface area contributed by atoms with Crippen LogP contribution >= 0.6 is 0 Å². The van der Waals surface area contributed by atoms with Crippen molar-refractivity contribution in [1.29, 1.82) is 0 Å². The minimum Gasteiger partial charge on any atom is -0.505 e. The first-order valence-electron chi connectivity index (χ1n) is 9.31. The highest BCUT2D eigenvalue weighted by Gasteiger charge is 2.20. The van der Waals surface area contributed by atoms with E-state index in [4.69, 9.17) is 0 Å². The molecule has 0 bridgehead atoms. The number of pyridine rings is 2. The number of hydrogen-bond acceptors (Lipinski definition) is 4. The Morgan fingerprint density at radius 2 is 1.77 bits per heavy atom. The molecule has 4 aromatic rings. The van der Waals surface area contributed by atoms with Crippen LogP contribution < -0.4 is 10.9 Å². The predicted molar refractivity (Wildman–Crippen MR) is 111 cm³/mol. The number of halogens is 1. The first-order chi connectivity index (χ1) is 14.5. The van der Waals surface area contributed by atoms with E-state index in [2.05, 4.69) is 15.3 Å². The summed E-state index contributed by atoms with van der Waals surface area (Å²) in [5, 5.41) is 13.1. The maximum Gasteiger partial charge on any atom is 0.265 e. The van der Waals surface area contributed by atoms with Crippen molar-refractivity contribution in [2.45, 2.75) is 13.0 Å². The lowest BCUT2D eigenvalue weighted by Gasteiger charge is -2.09. The second-order valence-electron chi connectivity index (χ2n) is 6.89. The highest BCUT2D eigenvalue weighted by Crippen LogP contribution is 2.24. The molecule has 0 fully saturated rings. The van der Waals surface area contributed by atoms with E-state index in [-0.39, 0.29) is 17.9 Å². The lowest BCUT2D eigenvalue weighted by atomic mass is 10.1. The number of aromatic hydroxyl groups is 1. The van der Waals surface area contributed by atoms with Crippen molar-refractivity contribution in [2.24, 2.45) is 0 Å². The van der Waals surface area contributed by atoms with Crippen molar-refractivity contribution >= 4 is 16.9 Å². The van der Waals surface area contributed by atoms with Gasteiger partial charge in [-0.2, -0.15) is 0 Å². The molecule has 0 aliphatic rings. The van der Waals surface area contributed by atoms with Gasteiger partial charge in [0.15, 0.2) is 5.75 Å². The molecule has 2 aromatic carbocycles. The number of carbonyl (C=O) groups is 1. The summed E-state index contributed by atoms with van der Waals surface area (Å²) in [5.41, 5.74) is 1.96. The summed E-state index contributed by atoms with van der Waals surface area (Å²) < 4.78 is 13.0. The minimum atomic E-state index is -0.741. The van der Waals surface area contributed by atoms with Gasteiger partial charge >= 0.3 is 0 Å². The van der Waals surface area contributed by atoms with E-state index in [1.807, 2.05) is 30.3 Å². The standard InChI is InChI=1S/C23H18FN3O3/c24-17-8-6-15(7-9-17)12-26-22(29)19-21(28)20-18(27-23(19)30)11-16(13-25-20)10-14-4-2-1-3-5-14/h1-9,11,13H,10,12H2,(H,26,29)(H2,27,28,30). The van der Waals surface area contributed by atoms with E-state index in [1.165, 1.54) is 24.3 Å². The van der Waals surface area contributed by atoms with Crippen molar-refractivity contribution in [3.8, 4) is 5.75 Å². The normalized spacial score (nSPS) is 10.8. The highest BCUT2D eigenvalue weighted by atomic mass is 19.1. The summed E-state index contributed by atoms with van der Waals surface area (Å²) >= 11 is 0. The molecule has 0 unspecified atom stereocenters. The lowest BCUT2D eigenvalue weighted by molar-refractivity contribution is 0.0947. The van der Waals surface area contributed by atoms with Crippen LogP contribution in [0, 0.1) is 5.82 Å². The van der Waals surface area contributed by atoms with Gasteiger partial charge < -0.3 is 15.4 Å². The molecule has 0 saturated heterocycles. The molecule has 4 rings (SSSR count). The van der Waals surface area contributed by atoms with Crippen LogP contribution in [0.1, 0.15) is 27.0 Å². The van der Waals surface area contributed by atoms with E-state index in [0.29, 0.717) is 17.5 Å². The number of H-pyrrole nitrogens is 1. The highest BCUT2D eigenvalue weighted by molar-refractivity contribution is 6.01. The van der Waals surface area contributed by atoms with Gasteiger partial charge in [-0.15, -0.1) is 0 Å². The van der Waals surface area contributed by atoms with E-state index in [9.17, 15) is 19.1 Å². The molecular weight excluding hydrogens is 385 g/mol. The van der Waals surface area contributed by atoms with Crippen LogP contribution in [0.15, 0.2) is 71.7 Å². The second-order valence-corrected chi connectivity index (χ2v) is 6.89. The third kappa shape index (κ3) is 4.05. The van der Waals surface area contributed by atoms with E-state index >= 15 is 0 Å². The molecule has 0 saturated carbocycles. The summed E-state index contributed by atoms with van der Waals surface area (Å²) in [5.74, 6) is -1.60. The van der Waals surface area contributed by atoms with Crippen molar-refractivity contribution in [3.63, 3.8) is 0 Å². The van der Waals surface area contributed by atoms with Gasteiger partial charge in [-0.3, -0.25) is 14.6 Å². The molecule has 0 spiro atoms. The molecule has 0 aliphatic carbocycles. The quantitative estimate of drug-likeness (QED) is 0.477. The summed E-state index contributed by atoms with van der Waals surface area (Å²) in [7, 11) is 0. The van der Waals surface area contributed by atoms with E-state index < -0.39 is 22.8 Å². The average Bonchev–Trinajstić information content (AvgIpc) is 2.74. The number of carbonyl (C=O) groups excluding carboxylic acids is 1. The van der Waals surface area contributed by atoms with Crippen LogP contribution in [-0.2, 0) is 13.0 Å². The molecule has 30 heavy (non-hydrogen) atoms. The van der Waals surface area contributed by atoms with Crippen molar-refractivity contribution in [2.75, 3.05) is 0 Å². The molecule has 3 N–H and O–H groups in total. The number of nitrogens with zero attached hydrogens (tertiary/aromatic N) is 1. The van der Waals surface area contributed by atoms with Crippen LogP contribution in [0.3, 0.4) is 0 Å². The monoisotopic (exact) mass is 403 g/mol. The lowest BCUT2D eigenvalue weighted by Crippen LogP contribution is -2.29. The number of aromatic amines is 1. The largest absolute Gasteiger partial charge is 0.505 e. The fourth-order valence-electron chi connectivity index (χ4n) is 3.21. The van der Waals surface area contributed by atoms with Gasteiger partial charge in [-0.1, -0.05) is 42.5 Å². The Hall–Kier alpha value is -4.00. The Bertz CT molecular complexity index is 1270. The zero-order chi connectivity index (χ0) is 21.1. The summed E-state index contributed by atoms with van der Waals surface area (Å²) in [6.45, 7) is 0.0828. The number of fused-ring (bicyclic) bond motifs is 1. The topological polar surface area (TPSA) is 95.1 Å². The van der Waals surface area contributed by atoms with Crippen LogP contribution in [0.25, 0.3) is 11.0 Å². The number of amides is 1. The summed E-state index contributed by atoms with van der Waals surface area (Å²) in [6, 6.07) is 17.1. The van der Waals surface area contributed by atoms with Gasteiger partial charge in [-0.05, 0) is 41.3 Å². The van der Waals surface area contributed by atoms with Gasteiger partial charge in [-0.25, -0.2) is 4.39 Å². The molecule has 150 valence electrons. The third-order valence-corrected chi connectivity index (χ3v) is 4.73. The Kier molecular flexibility index (Phi) is 5.26. The minimum absolute atomic E-state index is 0.0828. The maximum atomic E-state index is 13.0. The molecule has 2 aromatic heterocycles. The number of benzene rings is 2. The van der Waals surface area contributed by atoms with Gasteiger partial charge in [0, 0.05) is 12.7 Å². The van der Waals surface area contributed by atoms with Crippen LogP contribution in [0.5, 0.6) is 5.75 Å². The van der Waals surface area contributed by atoms with E-state index in [0.717, 1.165) is 11.1 Å². The first-order valence-corrected chi connectivity index (χ1v) is 9.31. The van der Waals surface area contributed by atoms with Crippen molar-refractivity contribution in [3.05, 3.63) is 105 Å². The predicted octanol–water partition coefficient (Wildman–Crippen LogP) is 3.29. The van der Waals surface area contributed by atoms with Gasteiger partial charge in [0.2, 0.25) is 0 Å². The van der Waals surface area contributed by atoms with Gasteiger partial charge in [0.25, 0.3) is 11.5 Å². The van der Waals surface area contributed by atoms with Gasteiger partial charge in [0.05, 0.1) is 5.52 Å². The molecule has 6 nitrogen and oxygen atoms in total. The van der Waals surface area contributed by atoms with Crippen LogP contribution in [-0.4, -0.2) is 21.0 Å². The van der Waals surface area contributed by atoms with Crippen LogP contribution in [0.2, 0.25) is 0 Å². The molecule has 0 atom stereocenters. The zero-order valence-corrected chi connectivity index (χ0v) is 15.9. The molecule has 1 amide bonds. The molecule has 0 radical (unpaired) electrons. The van der Waals surface area contributed by atoms with Gasteiger partial charge in [0.1, 0.15) is 16.9 Å². The first kappa shape index (κ1) is 19.3. The number of nitrogens with one attached hydrogen (secondary N) is 2. The van der Waals surface area contributed by atoms with E-state index in [1.54, 1.807) is 12.3 Å². The Morgan fingerprint density at radius 1 is 1.03 bits per heavy atom. The maximum absolute atomic E-state index is 13.0. The second kappa shape index (κ2) is 8.16. The average molecular weight is 403 g/mol. The Morgan fingerprint density at radius 3 is 2.50 bits per heavy atom. The molecule has 2 heterocycles. The fourth-order valence-corrected chi connectivity index (χ4v) is 3.21. The molecular formula is C23H18FN3O3. The SMILES string of the molecule is O=C(NCc1ccc(F)cc1)c1c(O)c2ncc(Cc3ccccc3)cc2[nH]c1=O.